The summed E-state index contributed by atoms with van der Waals surface area (Å²) in [5.41, 5.74) is 0. The maximum absolute atomic E-state index is 8.47. The molecule has 0 amide bonds. The van der Waals surface area contributed by atoms with Crippen LogP contribution in [-0.2, 0) is 4.74 Å². The lowest BCUT2D eigenvalue weighted by molar-refractivity contribution is 0.172. The lowest BCUT2D eigenvalue weighted by Gasteiger charge is -2.11. The van der Waals surface area contributed by atoms with Crippen molar-refractivity contribution in [2.75, 3.05) is 19.8 Å². The molecule has 12 heavy (non-hydrogen) atoms. The van der Waals surface area contributed by atoms with Crippen LogP contribution in [0.25, 0.3) is 0 Å². The summed E-state index contributed by atoms with van der Waals surface area (Å²) in [5.74, 6) is 1.19. The quantitative estimate of drug-likeness (QED) is 0.566. The predicted octanol–water partition coefficient (Wildman–Crippen LogP) is 1.10. The van der Waals surface area contributed by atoms with Crippen LogP contribution in [0, 0.1) is 5.92 Å². The highest BCUT2D eigenvalue weighted by Gasteiger charge is 1.95. The van der Waals surface area contributed by atoms with Crippen molar-refractivity contribution in [2.45, 2.75) is 20.3 Å². The average molecular weight is 173 g/mol. The van der Waals surface area contributed by atoms with Gasteiger partial charge in [0, 0.05) is 6.54 Å². The normalized spacial score (nSPS) is 10.0. The van der Waals surface area contributed by atoms with Gasteiger partial charge in [-0.15, -0.1) is 0 Å². The lowest BCUT2D eigenvalue weighted by atomic mass is 10.1. The number of aliphatic hydroxyl groups is 1. The average Bonchev–Trinajstić information content (AvgIpc) is 2.00. The molecule has 0 aliphatic rings. The Morgan fingerprint density at radius 1 is 1.58 bits per heavy atom. The van der Waals surface area contributed by atoms with Crippen molar-refractivity contribution in [1.29, 1.82) is 0 Å². The number of hydrogen-bond donors (Lipinski definition) is 2. The van der Waals surface area contributed by atoms with Crippen molar-refractivity contribution in [1.82, 2.24) is 5.32 Å². The molecular weight excluding hydrogens is 154 g/mol. The smallest absolute Gasteiger partial charge is 0.179 e. The van der Waals surface area contributed by atoms with Crippen molar-refractivity contribution in [2.24, 2.45) is 5.92 Å². The fourth-order valence-corrected chi connectivity index (χ4v) is 0.664. The van der Waals surface area contributed by atoms with Crippen LogP contribution in [0.2, 0.25) is 0 Å². The molecule has 0 aromatic heterocycles. The zero-order chi connectivity index (χ0) is 9.40. The summed E-state index contributed by atoms with van der Waals surface area (Å²) in [7, 11) is 0. The van der Waals surface area contributed by atoms with Crippen molar-refractivity contribution < 1.29 is 9.84 Å². The van der Waals surface area contributed by atoms with Crippen molar-refractivity contribution in [3.05, 3.63) is 12.5 Å². The topological polar surface area (TPSA) is 41.5 Å². The van der Waals surface area contributed by atoms with E-state index in [4.69, 9.17) is 9.84 Å². The molecule has 0 unspecified atom stereocenters. The Morgan fingerprint density at radius 2 is 2.25 bits per heavy atom. The highest BCUT2D eigenvalue weighted by Crippen LogP contribution is 2.00. The first kappa shape index (κ1) is 11.3. The minimum atomic E-state index is 0.104. The molecule has 0 aliphatic heterocycles. The van der Waals surface area contributed by atoms with Crippen molar-refractivity contribution in [3.8, 4) is 0 Å². The molecule has 3 nitrogen and oxygen atoms in total. The van der Waals surface area contributed by atoms with Crippen LogP contribution in [0.4, 0.5) is 0 Å². The zero-order valence-electron chi connectivity index (χ0n) is 7.97. The molecule has 0 bridgehead atoms. The van der Waals surface area contributed by atoms with E-state index >= 15 is 0 Å². The molecule has 72 valence electrons. The third kappa shape index (κ3) is 7.41. The minimum Gasteiger partial charge on any atom is -0.480 e. The Bertz CT molecular complexity index is 124. The molecule has 0 aliphatic carbocycles. The maximum Gasteiger partial charge on any atom is 0.179 e. The third-order valence-electron chi connectivity index (χ3n) is 1.41. The van der Waals surface area contributed by atoms with E-state index in [0.29, 0.717) is 25.0 Å². The van der Waals surface area contributed by atoms with Gasteiger partial charge in [0.15, 0.2) is 5.88 Å². The number of nitrogens with one attached hydrogen (secondary N) is 1. The molecule has 0 saturated carbocycles. The van der Waals surface area contributed by atoms with E-state index in [1.807, 2.05) is 0 Å². The van der Waals surface area contributed by atoms with Gasteiger partial charge in [-0.05, 0) is 18.9 Å². The second kappa shape index (κ2) is 6.98. The monoisotopic (exact) mass is 173 g/mol. The molecule has 0 atom stereocenters. The number of rotatable bonds is 7. The van der Waals surface area contributed by atoms with Crippen LogP contribution in [0.15, 0.2) is 12.5 Å². The van der Waals surface area contributed by atoms with Gasteiger partial charge in [0.05, 0.1) is 13.2 Å². The molecule has 0 radical (unpaired) electrons. The van der Waals surface area contributed by atoms with Crippen LogP contribution >= 0.6 is 0 Å². The van der Waals surface area contributed by atoms with Crippen molar-refractivity contribution in [3.63, 3.8) is 0 Å². The third-order valence-corrected chi connectivity index (χ3v) is 1.41. The van der Waals surface area contributed by atoms with Crippen LogP contribution in [-0.4, -0.2) is 24.9 Å². The summed E-state index contributed by atoms with van der Waals surface area (Å²) in [5, 5.41) is 11.3. The standard InChI is InChI=1S/C9H19NO2/c1-8(2)4-7-12-9(3)10-5-6-11/h8,10-11H,3-7H2,1-2H3. The predicted molar refractivity (Wildman–Crippen MR) is 49.6 cm³/mol. The summed E-state index contributed by atoms with van der Waals surface area (Å²) in [6.07, 6.45) is 1.03. The van der Waals surface area contributed by atoms with Gasteiger partial charge in [0.2, 0.25) is 0 Å². The van der Waals surface area contributed by atoms with Gasteiger partial charge in [-0.25, -0.2) is 0 Å². The zero-order valence-corrected chi connectivity index (χ0v) is 7.97. The van der Waals surface area contributed by atoms with E-state index in [1.165, 1.54) is 0 Å². The SMILES string of the molecule is C=C(NCCO)OCCC(C)C. The Labute approximate surface area is 74.4 Å². The van der Waals surface area contributed by atoms with Gasteiger partial charge < -0.3 is 15.2 Å². The van der Waals surface area contributed by atoms with Crippen molar-refractivity contribution >= 4 is 0 Å². The Morgan fingerprint density at radius 3 is 2.75 bits per heavy atom. The summed E-state index contributed by atoms with van der Waals surface area (Å²) in [6.45, 7) is 9.23. The summed E-state index contributed by atoms with van der Waals surface area (Å²) >= 11 is 0. The van der Waals surface area contributed by atoms with Gasteiger partial charge in [-0.3, -0.25) is 0 Å². The Balaban J connectivity index is 3.20. The van der Waals surface area contributed by atoms with E-state index in [-0.39, 0.29) is 6.61 Å². The van der Waals surface area contributed by atoms with E-state index in [9.17, 15) is 0 Å². The van der Waals surface area contributed by atoms with Crippen LogP contribution in [0.1, 0.15) is 20.3 Å². The first-order chi connectivity index (χ1) is 5.66. The van der Waals surface area contributed by atoms with E-state index in [0.717, 1.165) is 6.42 Å². The molecule has 0 aromatic carbocycles. The summed E-state index contributed by atoms with van der Waals surface area (Å²) in [6, 6.07) is 0. The second-order valence-electron chi connectivity index (χ2n) is 3.10. The summed E-state index contributed by atoms with van der Waals surface area (Å²) < 4.78 is 5.24. The molecule has 3 heteroatoms. The first-order valence-corrected chi connectivity index (χ1v) is 4.33. The van der Waals surface area contributed by atoms with E-state index in [2.05, 4.69) is 25.7 Å². The Kier molecular flexibility index (Phi) is 6.57. The number of hydrogen-bond acceptors (Lipinski definition) is 3. The molecule has 0 spiro atoms. The van der Waals surface area contributed by atoms with E-state index < -0.39 is 0 Å². The molecule has 0 fully saturated rings. The van der Waals surface area contributed by atoms with Crippen LogP contribution < -0.4 is 5.32 Å². The minimum absolute atomic E-state index is 0.104. The van der Waals surface area contributed by atoms with Gasteiger partial charge in [0.1, 0.15) is 0 Å². The fourth-order valence-electron chi connectivity index (χ4n) is 0.664. The number of ether oxygens (including phenoxy) is 1. The molecule has 0 saturated heterocycles. The molecule has 0 aromatic rings. The van der Waals surface area contributed by atoms with Gasteiger partial charge >= 0.3 is 0 Å². The molecule has 0 heterocycles. The largest absolute Gasteiger partial charge is 0.480 e. The van der Waals surface area contributed by atoms with Crippen LogP contribution in [0.3, 0.4) is 0 Å². The van der Waals surface area contributed by atoms with Gasteiger partial charge in [-0.2, -0.15) is 0 Å². The molecule has 0 rings (SSSR count). The first-order valence-electron chi connectivity index (χ1n) is 4.33. The van der Waals surface area contributed by atoms with Gasteiger partial charge in [0.25, 0.3) is 0 Å². The highest BCUT2D eigenvalue weighted by atomic mass is 16.5. The summed E-state index contributed by atoms with van der Waals surface area (Å²) in [4.78, 5) is 0. The van der Waals surface area contributed by atoms with Gasteiger partial charge in [-0.1, -0.05) is 13.8 Å². The molecule has 2 N–H and O–H groups in total. The number of aliphatic hydroxyl groups excluding tert-OH is 1. The lowest BCUT2D eigenvalue weighted by Crippen LogP contribution is -2.19. The fraction of sp³-hybridized carbons (Fsp3) is 0.778. The van der Waals surface area contributed by atoms with Crippen LogP contribution in [0.5, 0.6) is 0 Å². The van der Waals surface area contributed by atoms with E-state index in [1.54, 1.807) is 0 Å². The molecular formula is C9H19NO2. The maximum atomic E-state index is 8.47. The highest BCUT2D eigenvalue weighted by molar-refractivity contribution is 4.78. The second-order valence-corrected chi connectivity index (χ2v) is 3.10. The Hall–Kier alpha value is -0.700.